The number of rotatable bonds is 4. The standard InChI is InChI=1S/C19H15N3O/c1-14-16(17-9-5-6-10-21-17)12-22-18(11-20)19(14)23-13-15-7-3-2-4-8-15/h2-10,12H,13H2,1H3. The third-order valence-corrected chi connectivity index (χ3v) is 3.56. The number of ether oxygens (including phenoxy) is 1. The van der Waals surface area contributed by atoms with Gasteiger partial charge in [-0.3, -0.25) is 4.98 Å². The zero-order valence-corrected chi connectivity index (χ0v) is 12.7. The van der Waals surface area contributed by atoms with Crippen molar-refractivity contribution in [2.45, 2.75) is 13.5 Å². The van der Waals surface area contributed by atoms with Crippen LogP contribution in [0.25, 0.3) is 11.3 Å². The van der Waals surface area contributed by atoms with E-state index in [4.69, 9.17) is 4.74 Å². The maximum Gasteiger partial charge on any atom is 0.182 e. The van der Waals surface area contributed by atoms with Crippen LogP contribution in [0.2, 0.25) is 0 Å². The molecule has 0 amide bonds. The molecule has 0 spiro atoms. The van der Waals surface area contributed by atoms with Crippen LogP contribution in [0.4, 0.5) is 0 Å². The average molecular weight is 301 g/mol. The second-order valence-electron chi connectivity index (χ2n) is 5.08. The number of hydrogen-bond donors (Lipinski definition) is 0. The van der Waals surface area contributed by atoms with Crippen molar-refractivity contribution in [3.8, 4) is 23.1 Å². The van der Waals surface area contributed by atoms with Gasteiger partial charge in [0.25, 0.3) is 0 Å². The van der Waals surface area contributed by atoms with E-state index in [0.29, 0.717) is 12.4 Å². The maximum atomic E-state index is 9.29. The van der Waals surface area contributed by atoms with Crippen molar-refractivity contribution in [2.75, 3.05) is 0 Å². The molecule has 0 unspecified atom stereocenters. The summed E-state index contributed by atoms with van der Waals surface area (Å²) >= 11 is 0. The molecule has 4 heteroatoms. The first kappa shape index (κ1) is 14.7. The summed E-state index contributed by atoms with van der Waals surface area (Å²) in [7, 11) is 0. The lowest BCUT2D eigenvalue weighted by Gasteiger charge is -2.13. The number of pyridine rings is 2. The summed E-state index contributed by atoms with van der Waals surface area (Å²) in [6, 6.07) is 17.6. The SMILES string of the molecule is Cc1c(-c2ccccn2)cnc(C#N)c1OCc1ccccc1. The quantitative estimate of drug-likeness (QED) is 0.733. The molecule has 0 atom stereocenters. The lowest BCUT2D eigenvalue weighted by molar-refractivity contribution is 0.302. The molecule has 2 aromatic heterocycles. The van der Waals surface area contributed by atoms with E-state index in [1.807, 2.05) is 55.5 Å². The Hall–Kier alpha value is -3.19. The molecule has 0 N–H and O–H groups in total. The molecule has 3 rings (SSSR count). The van der Waals surface area contributed by atoms with Gasteiger partial charge in [0.05, 0.1) is 5.69 Å². The number of aromatic nitrogens is 2. The largest absolute Gasteiger partial charge is 0.486 e. The fourth-order valence-corrected chi connectivity index (χ4v) is 2.35. The van der Waals surface area contributed by atoms with E-state index in [-0.39, 0.29) is 5.69 Å². The minimum Gasteiger partial charge on any atom is -0.486 e. The molecule has 0 aliphatic rings. The van der Waals surface area contributed by atoms with Crippen LogP contribution < -0.4 is 4.74 Å². The predicted octanol–water partition coefficient (Wildman–Crippen LogP) is 3.90. The minimum atomic E-state index is 0.290. The Kier molecular flexibility index (Phi) is 4.30. The zero-order chi connectivity index (χ0) is 16.1. The Morgan fingerprint density at radius 2 is 1.83 bits per heavy atom. The smallest absolute Gasteiger partial charge is 0.182 e. The molecule has 3 aromatic rings. The van der Waals surface area contributed by atoms with Crippen LogP contribution in [0.15, 0.2) is 60.9 Å². The summed E-state index contributed by atoms with van der Waals surface area (Å²) in [6.07, 6.45) is 3.41. The van der Waals surface area contributed by atoms with Gasteiger partial charge in [-0.25, -0.2) is 4.98 Å². The first-order valence-corrected chi connectivity index (χ1v) is 7.27. The van der Waals surface area contributed by atoms with Crippen LogP contribution in [0, 0.1) is 18.3 Å². The molecule has 0 bridgehead atoms. The van der Waals surface area contributed by atoms with Gasteiger partial charge in [-0.15, -0.1) is 0 Å². The Labute approximate surface area is 135 Å². The molecule has 2 heterocycles. The van der Waals surface area contributed by atoms with Gasteiger partial charge in [-0.1, -0.05) is 36.4 Å². The summed E-state index contributed by atoms with van der Waals surface area (Å²) in [5.74, 6) is 0.513. The molecule has 23 heavy (non-hydrogen) atoms. The molecular formula is C19H15N3O. The van der Waals surface area contributed by atoms with Gasteiger partial charge in [-0.05, 0) is 24.6 Å². The Balaban J connectivity index is 1.96. The first-order valence-electron chi connectivity index (χ1n) is 7.27. The second kappa shape index (κ2) is 6.71. The highest BCUT2D eigenvalue weighted by atomic mass is 16.5. The molecule has 0 saturated carbocycles. The van der Waals surface area contributed by atoms with Crippen molar-refractivity contribution < 1.29 is 4.74 Å². The van der Waals surface area contributed by atoms with Crippen LogP contribution in [0.1, 0.15) is 16.8 Å². The van der Waals surface area contributed by atoms with Gasteiger partial charge < -0.3 is 4.74 Å². The lowest BCUT2D eigenvalue weighted by Crippen LogP contribution is -2.02. The van der Waals surface area contributed by atoms with Gasteiger partial charge >= 0.3 is 0 Å². The van der Waals surface area contributed by atoms with Gasteiger partial charge in [0.15, 0.2) is 11.4 Å². The summed E-state index contributed by atoms with van der Waals surface area (Å²) in [5, 5.41) is 9.29. The summed E-state index contributed by atoms with van der Waals surface area (Å²) < 4.78 is 5.89. The predicted molar refractivity (Wildman–Crippen MR) is 87.7 cm³/mol. The summed E-state index contributed by atoms with van der Waals surface area (Å²) in [5.41, 5.74) is 3.88. The first-order chi connectivity index (χ1) is 11.3. The maximum absolute atomic E-state index is 9.29. The van der Waals surface area contributed by atoms with E-state index in [1.165, 1.54) is 0 Å². The normalized spacial score (nSPS) is 10.1. The van der Waals surface area contributed by atoms with E-state index in [9.17, 15) is 5.26 Å². The van der Waals surface area contributed by atoms with Crippen molar-refractivity contribution >= 4 is 0 Å². The van der Waals surface area contributed by atoms with Crippen molar-refractivity contribution in [3.63, 3.8) is 0 Å². The molecule has 0 aliphatic carbocycles. The van der Waals surface area contributed by atoms with E-state index in [1.54, 1.807) is 12.4 Å². The summed E-state index contributed by atoms with van der Waals surface area (Å²) in [6.45, 7) is 2.32. The molecule has 0 saturated heterocycles. The average Bonchev–Trinajstić information content (AvgIpc) is 2.62. The van der Waals surface area contributed by atoms with Crippen LogP contribution in [0.5, 0.6) is 5.75 Å². The highest BCUT2D eigenvalue weighted by molar-refractivity contribution is 5.67. The molecule has 0 radical (unpaired) electrons. The van der Waals surface area contributed by atoms with Crippen LogP contribution in [-0.2, 0) is 6.61 Å². The Morgan fingerprint density at radius 1 is 1.04 bits per heavy atom. The minimum absolute atomic E-state index is 0.290. The van der Waals surface area contributed by atoms with Crippen molar-refractivity contribution in [1.29, 1.82) is 5.26 Å². The monoisotopic (exact) mass is 301 g/mol. The number of hydrogen-bond acceptors (Lipinski definition) is 4. The fraction of sp³-hybridized carbons (Fsp3) is 0.105. The van der Waals surface area contributed by atoms with Crippen molar-refractivity contribution in [3.05, 3.63) is 77.7 Å². The number of nitriles is 1. The van der Waals surface area contributed by atoms with E-state index >= 15 is 0 Å². The Morgan fingerprint density at radius 3 is 2.52 bits per heavy atom. The van der Waals surface area contributed by atoms with Gasteiger partial charge in [0.2, 0.25) is 0 Å². The molecule has 1 aromatic carbocycles. The molecule has 0 aliphatic heterocycles. The van der Waals surface area contributed by atoms with Gasteiger partial charge in [0.1, 0.15) is 12.7 Å². The number of benzene rings is 1. The Bertz CT molecular complexity index is 840. The zero-order valence-electron chi connectivity index (χ0n) is 12.7. The molecule has 4 nitrogen and oxygen atoms in total. The van der Waals surface area contributed by atoms with Gasteiger partial charge in [0, 0.05) is 23.5 Å². The van der Waals surface area contributed by atoms with Gasteiger partial charge in [-0.2, -0.15) is 5.26 Å². The topological polar surface area (TPSA) is 58.8 Å². The van der Waals surface area contributed by atoms with E-state index in [0.717, 1.165) is 22.4 Å². The lowest BCUT2D eigenvalue weighted by atomic mass is 10.1. The molecule has 0 fully saturated rings. The van der Waals surface area contributed by atoms with E-state index in [2.05, 4.69) is 16.0 Å². The van der Waals surface area contributed by atoms with E-state index < -0.39 is 0 Å². The highest BCUT2D eigenvalue weighted by Crippen LogP contribution is 2.30. The van der Waals surface area contributed by atoms with Crippen LogP contribution >= 0.6 is 0 Å². The summed E-state index contributed by atoms with van der Waals surface area (Å²) in [4.78, 5) is 8.57. The third kappa shape index (κ3) is 3.19. The highest BCUT2D eigenvalue weighted by Gasteiger charge is 2.15. The van der Waals surface area contributed by atoms with Crippen molar-refractivity contribution in [2.24, 2.45) is 0 Å². The van der Waals surface area contributed by atoms with Crippen molar-refractivity contribution in [1.82, 2.24) is 9.97 Å². The molecular weight excluding hydrogens is 286 g/mol. The fourth-order valence-electron chi connectivity index (χ4n) is 2.35. The van der Waals surface area contributed by atoms with Crippen LogP contribution in [-0.4, -0.2) is 9.97 Å². The second-order valence-corrected chi connectivity index (χ2v) is 5.08. The third-order valence-electron chi connectivity index (χ3n) is 3.56. The molecule has 112 valence electrons. The van der Waals surface area contributed by atoms with Crippen LogP contribution in [0.3, 0.4) is 0 Å². The number of nitrogens with zero attached hydrogens (tertiary/aromatic N) is 3.